The summed E-state index contributed by atoms with van der Waals surface area (Å²) >= 11 is 0. The predicted molar refractivity (Wildman–Crippen MR) is 81.0 cm³/mol. The first kappa shape index (κ1) is 15.8. The summed E-state index contributed by atoms with van der Waals surface area (Å²) in [6, 6.07) is 6.51. The lowest BCUT2D eigenvalue weighted by atomic mass is 10.1. The standard InChI is InChI=1S/C16H18N2O4/c1-4-13-14(10(3)22-18-13)15(19)17-12-8-6-11(7-9-12)16(20)21-5-2/h6-9H,4-5H2,1-3H3,(H,17,19). The van der Waals surface area contributed by atoms with Crippen molar-refractivity contribution >= 4 is 17.6 Å². The SMILES string of the molecule is CCOC(=O)c1ccc(NC(=O)c2c(CC)noc2C)cc1. The third-order valence-electron chi connectivity index (χ3n) is 3.15. The Hall–Kier alpha value is -2.63. The van der Waals surface area contributed by atoms with E-state index in [1.54, 1.807) is 38.1 Å². The largest absolute Gasteiger partial charge is 0.462 e. The Balaban J connectivity index is 2.12. The lowest BCUT2D eigenvalue weighted by molar-refractivity contribution is 0.0526. The van der Waals surface area contributed by atoms with Gasteiger partial charge in [0.15, 0.2) is 0 Å². The lowest BCUT2D eigenvalue weighted by Gasteiger charge is -2.06. The zero-order valence-electron chi connectivity index (χ0n) is 12.8. The lowest BCUT2D eigenvalue weighted by Crippen LogP contribution is -2.14. The molecule has 0 bridgehead atoms. The Kier molecular flexibility index (Phi) is 4.93. The molecule has 0 unspecified atom stereocenters. The number of anilines is 1. The molecule has 6 heteroatoms. The van der Waals surface area contributed by atoms with Gasteiger partial charge in [-0.3, -0.25) is 4.79 Å². The number of ether oxygens (including phenoxy) is 1. The number of hydrogen-bond donors (Lipinski definition) is 1. The van der Waals surface area contributed by atoms with Crippen LogP contribution in [0.2, 0.25) is 0 Å². The summed E-state index contributed by atoms with van der Waals surface area (Å²) in [7, 11) is 0. The molecule has 2 aromatic rings. The summed E-state index contributed by atoms with van der Waals surface area (Å²) in [5.74, 6) is -0.180. The number of esters is 1. The Morgan fingerprint density at radius 3 is 2.50 bits per heavy atom. The molecule has 0 atom stereocenters. The molecule has 116 valence electrons. The van der Waals surface area contributed by atoms with E-state index < -0.39 is 0 Å². The Labute approximate surface area is 128 Å². The first-order valence-corrected chi connectivity index (χ1v) is 7.10. The molecular weight excluding hydrogens is 284 g/mol. The molecule has 0 saturated carbocycles. The molecular formula is C16H18N2O4. The van der Waals surface area contributed by atoms with E-state index in [-0.39, 0.29) is 11.9 Å². The Morgan fingerprint density at radius 1 is 1.23 bits per heavy atom. The fourth-order valence-electron chi connectivity index (χ4n) is 2.05. The van der Waals surface area contributed by atoms with Crippen molar-refractivity contribution in [3.8, 4) is 0 Å². The van der Waals surface area contributed by atoms with Gasteiger partial charge in [0.25, 0.3) is 5.91 Å². The van der Waals surface area contributed by atoms with Crippen molar-refractivity contribution < 1.29 is 18.8 Å². The molecule has 0 radical (unpaired) electrons. The number of nitrogens with zero attached hydrogens (tertiary/aromatic N) is 1. The Bertz CT molecular complexity index is 674. The molecule has 0 aliphatic heterocycles. The number of aromatic nitrogens is 1. The third kappa shape index (κ3) is 3.33. The summed E-state index contributed by atoms with van der Waals surface area (Å²) in [5.41, 5.74) is 2.10. The van der Waals surface area contributed by atoms with Crippen LogP contribution in [0.15, 0.2) is 28.8 Å². The van der Waals surface area contributed by atoms with Crippen LogP contribution in [-0.4, -0.2) is 23.6 Å². The first-order chi connectivity index (χ1) is 10.6. The molecule has 0 fully saturated rings. The number of nitrogens with one attached hydrogen (secondary N) is 1. The summed E-state index contributed by atoms with van der Waals surface area (Å²) in [4.78, 5) is 23.9. The van der Waals surface area contributed by atoms with Crippen LogP contribution < -0.4 is 5.32 Å². The zero-order valence-corrected chi connectivity index (χ0v) is 12.8. The van der Waals surface area contributed by atoms with E-state index >= 15 is 0 Å². The minimum Gasteiger partial charge on any atom is -0.462 e. The fraction of sp³-hybridized carbons (Fsp3) is 0.312. The normalized spacial score (nSPS) is 10.3. The number of rotatable bonds is 5. The molecule has 1 aromatic carbocycles. The van der Waals surface area contributed by atoms with Crippen molar-refractivity contribution in [1.29, 1.82) is 0 Å². The Morgan fingerprint density at radius 2 is 1.91 bits per heavy atom. The van der Waals surface area contributed by atoms with Gasteiger partial charge in [-0.1, -0.05) is 12.1 Å². The maximum absolute atomic E-state index is 12.3. The van der Waals surface area contributed by atoms with Crippen LogP contribution in [0.4, 0.5) is 5.69 Å². The van der Waals surface area contributed by atoms with Gasteiger partial charge in [-0.2, -0.15) is 0 Å². The van der Waals surface area contributed by atoms with E-state index in [0.29, 0.717) is 41.3 Å². The van der Waals surface area contributed by atoms with Crippen molar-refractivity contribution in [3.63, 3.8) is 0 Å². The molecule has 1 N–H and O–H groups in total. The van der Waals surface area contributed by atoms with Crippen LogP contribution in [0.25, 0.3) is 0 Å². The van der Waals surface area contributed by atoms with Crippen LogP contribution >= 0.6 is 0 Å². The number of hydrogen-bond acceptors (Lipinski definition) is 5. The minimum atomic E-state index is -0.386. The highest BCUT2D eigenvalue weighted by Crippen LogP contribution is 2.17. The van der Waals surface area contributed by atoms with Gasteiger partial charge < -0.3 is 14.6 Å². The minimum absolute atomic E-state index is 0.278. The van der Waals surface area contributed by atoms with Crippen molar-refractivity contribution in [3.05, 3.63) is 46.8 Å². The van der Waals surface area contributed by atoms with Crippen LogP contribution in [0.5, 0.6) is 0 Å². The van der Waals surface area contributed by atoms with Gasteiger partial charge in [0.1, 0.15) is 11.3 Å². The summed E-state index contributed by atoms with van der Waals surface area (Å²) in [6.45, 7) is 5.68. The van der Waals surface area contributed by atoms with E-state index in [0.717, 1.165) is 0 Å². The second kappa shape index (κ2) is 6.89. The van der Waals surface area contributed by atoms with Crippen molar-refractivity contribution in [1.82, 2.24) is 5.16 Å². The van der Waals surface area contributed by atoms with Gasteiger partial charge in [-0.15, -0.1) is 0 Å². The topological polar surface area (TPSA) is 81.4 Å². The van der Waals surface area contributed by atoms with Crippen molar-refractivity contribution in [2.24, 2.45) is 0 Å². The van der Waals surface area contributed by atoms with Gasteiger partial charge in [-0.05, 0) is 44.5 Å². The van der Waals surface area contributed by atoms with E-state index in [1.165, 1.54) is 0 Å². The number of carbonyl (C=O) groups excluding carboxylic acids is 2. The molecule has 0 aliphatic rings. The molecule has 6 nitrogen and oxygen atoms in total. The number of aryl methyl sites for hydroxylation is 2. The molecule has 0 saturated heterocycles. The van der Waals surface area contributed by atoms with E-state index in [9.17, 15) is 9.59 Å². The van der Waals surface area contributed by atoms with E-state index in [4.69, 9.17) is 9.26 Å². The highest BCUT2D eigenvalue weighted by Gasteiger charge is 2.19. The smallest absolute Gasteiger partial charge is 0.338 e. The van der Waals surface area contributed by atoms with Crippen molar-refractivity contribution in [2.75, 3.05) is 11.9 Å². The molecule has 0 aliphatic carbocycles. The van der Waals surface area contributed by atoms with Gasteiger partial charge in [0.05, 0.1) is 17.9 Å². The molecule has 2 rings (SSSR count). The highest BCUT2D eigenvalue weighted by molar-refractivity contribution is 6.05. The molecule has 1 heterocycles. The zero-order chi connectivity index (χ0) is 16.1. The van der Waals surface area contributed by atoms with Crippen LogP contribution in [0, 0.1) is 6.92 Å². The molecule has 22 heavy (non-hydrogen) atoms. The monoisotopic (exact) mass is 302 g/mol. The first-order valence-electron chi connectivity index (χ1n) is 7.10. The summed E-state index contributed by atoms with van der Waals surface area (Å²) in [5, 5.41) is 6.62. The fourth-order valence-corrected chi connectivity index (χ4v) is 2.05. The maximum Gasteiger partial charge on any atom is 0.338 e. The average Bonchev–Trinajstić information content (AvgIpc) is 2.89. The van der Waals surface area contributed by atoms with E-state index in [1.807, 2.05) is 6.92 Å². The molecule has 1 amide bonds. The number of amides is 1. The predicted octanol–water partition coefficient (Wildman–Crippen LogP) is 2.97. The van der Waals surface area contributed by atoms with E-state index in [2.05, 4.69) is 10.5 Å². The average molecular weight is 302 g/mol. The number of benzene rings is 1. The van der Waals surface area contributed by atoms with Gasteiger partial charge in [-0.25, -0.2) is 4.79 Å². The van der Waals surface area contributed by atoms with Gasteiger partial charge in [0, 0.05) is 5.69 Å². The van der Waals surface area contributed by atoms with Gasteiger partial charge in [0.2, 0.25) is 0 Å². The quantitative estimate of drug-likeness (QED) is 0.859. The summed E-state index contributed by atoms with van der Waals surface area (Å²) in [6.07, 6.45) is 0.613. The number of carbonyl (C=O) groups is 2. The molecule has 1 aromatic heterocycles. The van der Waals surface area contributed by atoms with Crippen LogP contribution in [0.3, 0.4) is 0 Å². The molecule has 0 spiro atoms. The van der Waals surface area contributed by atoms with Crippen molar-refractivity contribution in [2.45, 2.75) is 27.2 Å². The van der Waals surface area contributed by atoms with Gasteiger partial charge >= 0.3 is 5.97 Å². The third-order valence-corrected chi connectivity index (χ3v) is 3.15. The van der Waals surface area contributed by atoms with Crippen LogP contribution in [0.1, 0.15) is 46.0 Å². The van der Waals surface area contributed by atoms with Crippen LogP contribution in [-0.2, 0) is 11.2 Å². The second-order valence-electron chi connectivity index (χ2n) is 4.67. The second-order valence-corrected chi connectivity index (χ2v) is 4.67. The summed E-state index contributed by atoms with van der Waals surface area (Å²) < 4.78 is 9.96. The highest BCUT2D eigenvalue weighted by atomic mass is 16.5. The maximum atomic E-state index is 12.3.